The molecule has 2 rings (SSSR count). The molecule has 0 aliphatic carbocycles. The summed E-state index contributed by atoms with van der Waals surface area (Å²) >= 11 is 1.36. The van der Waals surface area contributed by atoms with Gasteiger partial charge in [-0.1, -0.05) is 0 Å². The van der Waals surface area contributed by atoms with Crippen LogP contribution in [0.3, 0.4) is 0 Å². The highest BCUT2D eigenvalue weighted by atomic mass is 32.1. The molecule has 5 heteroatoms. The van der Waals surface area contributed by atoms with E-state index >= 15 is 0 Å². The fourth-order valence-corrected chi connectivity index (χ4v) is 1.84. The molecule has 0 unspecified atom stereocenters. The summed E-state index contributed by atoms with van der Waals surface area (Å²) in [7, 11) is 0. The van der Waals surface area contributed by atoms with Crippen LogP contribution < -0.4 is 0 Å². The first-order valence-corrected chi connectivity index (χ1v) is 5.05. The van der Waals surface area contributed by atoms with Crippen molar-refractivity contribution in [3.63, 3.8) is 0 Å². The lowest BCUT2D eigenvalue weighted by atomic mass is 10.1. The van der Waals surface area contributed by atoms with Gasteiger partial charge >= 0.3 is 0 Å². The fraction of sp³-hybridized carbons (Fsp3) is 0.333. The molecule has 0 amide bonds. The van der Waals surface area contributed by atoms with Crippen LogP contribution in [0.4, 0.5) is 0 Å². The van der Waals surface area contributed by atoms with Gasteiger partial charge in [0.05, 0.1) is 6.20 Å². The summed E-state index contributed by atoms with van der Waals surface area (Å²) in [6, 6.07) is 0. The molecular formula is C9H10N4S. The Labute approximate surface area is 86.2 Å². The molecule has 0 atom stereocenters. The monoisotopic (exact) mass is 206 g/mol. The molecular weight excluding hydrogens is 196 g/mol. The van der Waals surface area contributed by atoms with E-state index in [4.69, 9.17) is 0 Å². The Hall–Kier alpha value is -1.36. The van der Waals surface area contributed by atoms with Gasteiger partial charge in [-0.15, -0.1) is 5.10 Å². The van der Waals surface area contributed by atoms with Gasteiger partial charge in [0.15, 0.2) is 5.01 Å². The first-order valence-electron chi connectivity index (χ1n) is 4.28. The van der Waals surface area contributed by atoms with Crippen molar-refractivity contribution in [2.45, 2.75) is 20.8 Å². The molecule has 2 aromatic heterocycles. The van der Waals surface area contributed by atoms with Crippen molar-refractivity contribution in [3.8, 4) is 10.7 Å². The minimum Gasteiger partial charge on any atom is -0.218 e. The summed E-state index contributed by atoms with van der Waals surface area (Å²) in [5, 5.41) is 8.84. The Morgan fingerprint density at radius 1 is 1.21 bits per heavy atom. The Bertz CT molecular complexity index is 464. The molecule has 14 heavy (non-hydrogen) atoms. The molecule has 2 heterocycles. The quantitative estimate of drug-likeness (QED) is 0.715. The summed E-state index contributed by atoms with van der Waals surface area (Å²) in [5.41, 5.74) is 3.09. The predicted molar refractivity (Wildman–Crippen MR) is 55.1 cm³/mol. The molecule has 0 fully saturated rings. The largest absolute Gasteiger partial charge is 0.218 e. The molecule has 0 saturated carbocycles. The lowest BCUT2D eigenvalue weighted by Gasteiger charge is -2.01. The molecule has 0 aliphatic rings. The van der Waals surface area contributed by atoms with E-state index in [2.05, 4.69) is 19.6 Å². The lowest BCUT2D eigenvalue weighted by molar-refractivity contribution is 0.997. The van der Waals surface area contributed by atoms with E-state index in [1.165, 1.54) is 11.5 Å². The number of rotatable bonds is 1. The van der Waals surface area contributed by atoms with Crippen molar-refractivity contribution in [1.29, 1.82) is 0 Å². The number of nitrogens with zero attached hydrogens (tertiary/aromatic N) is 4. The zero-order chi connectivity index (χ0) is 10.1. The number of aromatic nitrogens is 4. The third-order valence-electron chi connectivity index (χ3n) is 2.09. The van der Waals surface area contributed by atoms with Crippen LogP contribution in [0.1, 0.15) is 17.0 Å². The Balaban J connectivity index is 2.57. The van der Waals surface area contributed by atoms with Crippen LogP contribution in [0.2, 0.25) is 0 Å². The molecule has 0 aromatic carbocycles. The molecule has 0 N–H and O–H groups in total. The van der Waals surface area contributed by atoms with E-state index < -0.39 is 0 Å². The topological polar surface area (TPSA) is 51.6 Å². The van der Waals surface area contributed by atoms with Crippen molar-refractivity contribution in [2.75, 3.05) is 0 Å². The smallest absolute Gasteiger partial charge is 0.164 e. The van der Waals surface area contributed by atoms with Crippen LogP contribution in [0.15, 0.2) is 6.20 Å². The second-order valence-corrected chi connectivity index (χ2v) is 3.90. The Kier molecular flexibility index (Phi) is 2.25. The second-order valence-electron chi connectivity index (χ2n) is 3.15. The van der Waals surface area contributed by atoms with Crippen molar-refractivity contribution in [1.82, 2.24) is 19.6 Å². The minimum absolute atomic E-state index is 0.785. The highest BCUT2D eigenvalue weighted by molar-refractivity contribution is 7.09. The van der Waals surface area contributed by atoms with Crippen LogP contribution in [0.25, 0.3) is 10.7 Å². The standard InChI is InChI=1S/C9H10N4S/c1-5-4-10-12-8(6(5)2)9-11-7(3)13-14-9/h4H,1-3H3. The van der Waals surface area contributed by atoms with Gasteiger partial charge in [-0.25, -0.2) is 4.98 Å². The first-order chi connectivity index (χ1) is 6.68. The Morgan fingerprint density at radius 3 is 2.64 bits per heavy atom. The molecule has 0 aliphatic heterocycles. The van der Waals surface area contributed by atoms with E-state index in [9.17, 15) is 0 Å². The van der Waals surface area contributed by atoms with Gasteiger partial charge in [0, 0.05) is 0 Å². The van der Waals surface area contributed by atoms with Crippen LogP contribution in [-0.2, 0) is 0 Å². The van der Waals surface area contributed by atoms with Gasteiger partial charge in [-0.2, -0.15) is 9.47 Å². The molecule has 0 saturated heterocycles. The molecule has 0 spiro atoms. The molecule has 72 valence electrons. The lowest BCUT2D eigenvalue weighted by Crippen LogP contribution is -1.93. The van der Waals surface area contributed by atoms with Crippen molar-refractivity contribution in [3.05, 3.63) is 23.1 Å². The SMILES string of the molecule is Cc1nsc(-c2nncc(C)c2C)n1. The first kappa shape index (κ1) is 9.21. The van der Waals surface area contributed by atoms with E-state index in [1.807, 2.05) is 20.8 Å². The average molecular weight is 206 g/mol. The highest BCUT2D eigenvalue weighted by Crippen LogP contribution is 2.23. The Morgan fingerprint density at radius 2 is 2.00 bits per heavy atom. The van der Waals surface area contributed by atoms with Crippen LogP contribution in [0.5, 0.6) is 0 Å². The maximum atomic E-state index is 4.29. The van der Waals surface area contributed by atoms with Gasteiger partial charge < -0.3 is 0 Å². The minimum atomic E-state index is 0.785. The van der Waals surface area contributed by atoms with Crippen molar-refractivity contribution < 1.29 is 0 Å². The number of hydrogen-bond acceptors (Lipinski definition) is 5. The summed E-state index contributed by atoms with van der Waals surface area (Å²) < 4.78 is 4.13. The number of hydrogen-bond donors (Lipinski definition) is 0. The third kappa shape index (κ3) is 1.50. The van der Waals surface area contributed by atoms with Crippen LogP contribution in [-0.4, -0.2) is 19.6 Å². The summed E-state index contributed by atoms with van der Waals surface area (Å²) in [6.07, 6.45) is 1.76. The van der Waals surface area contributed by atoms with Gasteiger partial charge in [0.25, 0.3) is 0 Å². The zero-order valence-electron chi connectivity index (χ0n) is 8.27. The second kappa shape index (κ2) is 3.42. The fourth-order valence-electron chi connectivity index (χ4n) is 1.13. The van der Waals surface area contributed by atoms with Crippen LogP contribution in [0, 0.1) is 20.8 Å². The van der Waals surface area contributed by atoms with Crippen LogP contribution >= 0.6 is 11.5 Å². The number of aryl methyl sites for hydroxylation is 2. The molecule has 2 aromatic rings. The normalized spacial score (nSPS) is 10.5. The van der Waals surface area contributed by atoms with Gasteiger partial charge in [0.2, 0.25) is 0 Å². The molecule has 4 nitrogen and oxygen atoms in total. The molecule has 0 radical (unpaired) electrons. The average Bonchev–Trinajstić information content (AvgIpc) is 2.57. The van der Waals surface area contributed by atoms with E-state index in [0.29, 0.717) is 0 Å². The summed E-state index contributed by atoms with van der Waals surface area (Å²) in [4.78, 5) is 4.29. The van der Waals surface area contributed by atoms with E-state index in [1.54, 1.807) is 6.20 Å². The predicted octanol–water partition coefficient (Wildman–Crippen LogP) is 1.92. The highest BCUT2D eigenvalue weighted by Gasteiger charge is 2.10. The summed E-state index contributed by atoms with van der Waals surface area (Å²) in [6.45, 7) is 5.91. The third-order valence-corrected chi connectivity index (χ3v) is 2.90. The summed E-state index contributed by atoms with van der Waals surface area (Å²) in [5.74, 6) is 0.785. The molecule has 0 bridgehead atoms. The van der Waals surface area contributed by atoms with E-state index in [-0.39, 0.29) is 0 Å². The van der Waals surface area contributed by atoms with Crippen molar-refractivity contribution in [2.24, 2.45) is 0 Å². The maximum absolute atomic E-state index is 4.29. The maximum Gasteiger partial charge on any atom is 0.164 e. The van der Waals surface area contributed by atoms with E-state index in [0.717, 1.165) is 27.7 Å². The zero-order valence-corrected chi connectivity index (χ0v) is 9.09. The van der Waals surface area contributed by atoms with Gasteiger partial charge in [-0.3, -0.25) is 0 Å². The van der Waals surface area contributed by atoms with Gasteiger partial charge in [-0.05, 0) is 43.4 Å². The van der Waals surface area contributed by atoms with Gasteiger partial charge in [0.1, 0.15) is 11.5 Å². The van der Waals surface area contributed by atoms with Crippen molar-refractivity contribution >= 4 is 11.5 Å².